The van der Waals surface area contributed by atoms with Gasteiger partial charge >= 0.3 is 17.0 Å². The average molecular weight is 271 g/mol. The van der Waals surface area contributed by atoms with E-state index in [4.69, 9.17) is 0 Å². The van der Waals surface area contributed by atoms with E-state index >= 15 is 0 Å². The van der Waals surface area contributed by atoms with Crippen LogP contribution in [0, 0.1) is 10.1 Å². The van der Waals surface area contributed by atoms with Gasteiger partial charge in [0, 0.05) is 24.8 Å². The maximum Gasteiger partial charge on any atom is 0.382 e. The lowest BCUT2D eigenvalue weighted by molar-refractivity contribution is -0.389. The molecule has 0 aromatic carbocycles. The van der Waals surface area contributed by atoms with Crippen LogP contribution in [0.5, 0.6) is 0 Å². The van der Waals surface area contributed by atoms with E-state index in [1.165, 1.54) is 15.2 Å². The standard InChI is InChI=1S/C12H9N5O3/c18-12-11-14-10(17(19)20)8-15(11)4-5-16(12)7-9-2-1-3-13-6-9/h1-6,8H,7H2. The minimum absolute atomic E-state index is 0.0306. The van der Waals surface area contributed by atoms with E-state index in [0.717, 1.165) is 5.56 Å². The van der Waals surface area contributed by atoms with Gasteiger partial charge in [0.1, 0.15) is 6.20 Å². The molecule has 3 aromatic rings. The number of nitrogens with zero attached hydrogens (tertiary/aromatic N) is 5. The van der Waals surface area contributed by atoms with Gasteiger partial charge in [-0.25, -0.2) is 0 Å². The number of aromatic nitrogens is 4. The summed E-state index contributed by atoms with van der Waals surface area (Å²) < 4.78 is 2.78. The molecule has 0 radical (unpaired) electrons. The molecule has 3 heterocycles. The van der Waals surface area contributed by atoms with Crippen LogP contribution in [0.25, 0.3) is 5.65 Å². The lowest BCUT2D eigenvalue weighted by Crippen LogP contribution is -2.22. The van der Waals surface area contributed by atoms with Crippen molar-refractivity contribution in [2.24, 2.45) is 0 Å². The van der Waals surface area contributed by atoms with Crippen LogP contribution in [-0.2, 0) is 6.54 Å². The summed E-state index contributed by atoms with van der Waals surface area (Å²) >= 11 is 0. The van der Waals surface area contributed by atoms with Gasteiger partial charge in [-0.1, -0.05) is 6.07 Å². The quantitative estimate of drug-likeness (QED) is 0.519. The topological polar surface area (TPSA) is 95.3 Å². The minimum Gasteiger partial charge on any atom is -0.358 e. The van der Waals surface area contributed by atoms with Crippen LogP contribution >= 0.6 is 0 Å². The van der Waals surface area contributed by atoms with Crippen LogP contribution in [0.2, 0.25) is 0 Å². The third-order valence-electron chi connectivity index (χ3n) is 2.84. The highest BCUT2D eigenvalue weighted by Crippen LogP contribution is 2.09. The fourth-order valence-electron chi connectivity index (χ4n) is 1.90. The summed E-state index contributed by atoms with van der Waals surface area (Å²) in [7, 11) is 0. The van der Waals surface area contributed by atoms with E-state index < -0.39 is 4.92 Å². The Morgan fingerprint density at radius 1 is 1.35 bits per heavy atom. The van der Waals surface area contributed by atoms with E-state index in [2.05, 4.69) is 9.97 Å². The monoisotopic (exact) mass is 271 g/mol. The third-order valence-corrected chi connectivity index (χ3v) is 2.84. The molecule has 0 aliphatic heterocycles. The smallest absolute Gasteiger partial charge is 0.358 e. The molecule has 0 saturated heterocycles. The molecule has 20 heavy (non-hydrogen) atoms. The number of hydrogen-bond acceptors (Lipinski definition) is 5. The molecule has 0 amide bonds. The number of imidazole rings is 1. The van der Waals surface area contributed by atoms with E-state index in [1.807, 2.05) is 6.07 Å². The van der Waals surface area contributed by atoms with E-state index in [0.29, 0.717) is 6.54 Å². The van der Waals surface area contributed by atoms with Crippen molar-refractivity contribution in [2.75, 3.05) is 0 Å². The molecule has 100 valence electrons. The Labute approximate surface area is 112 Å². The van der Waals surface area contributed by atoms with Gasteiger partial charge in [-0.05, 0) is 21.5 Å². The fourth-order valence-corrected chi connectivity index (χ4v) is 1.90. The number of nitro groups is 1. The minimum atomic E-state index is -0.627. The first-order valence-corrected chi connectivity index (χ1v) is 5.76. The fraction of sp³-hybridized carbons (Fsp3) is 0.0833. The van der Waals surface area contributed by atoms with Crippen molar-refractivity contribution < 1.29 is 4.92 Å². The number of rotatable bonds is 3. The summed E-state index contributed by atoms with van der Waals surface area (Å²) in [5.74, 6) is -0.346. The van der Waals surface area contributed by atoms with Gasteiger partial charge in [-0.15, -0.1) is 0 Å². The molecule has 0 atom stereocenters. The molecule has 0 N–H and O–H groups in total. The normalized spacial score (nSPS) is 10.8. The maximum atomic E-state index is 12.2. The summed E-state index contributed by atoms with van der Waals surface area (Å²) in [6.45, 7) is 0.337. The Kier molecular flexibility index (Phi) is 2.75. The second-order valence-electron chi connectivity index (χ2n) is 4.18. The van der Waals surface area contributed by atoms with Crippen LogP contribution in [-0.4, -0.2) is 23.9 Å². The zero-order valence-electron chi connectivity index (χ0n) is 10.2. The Hall–Kier alpha value is -3.03. The number of hydrogen-bond donors (Lipinski definition) is 0. The highest BCUT2D eigenvalue weighted by atomic mass is 16.6. The Bertz CT molecular complexity index is 837. The SMILES string of the molecule is O=c1c2nc([N+](=O)[O-])cn2ccn1Cc1cccnc1. The molecule has 0 fully saturated rings. The predicted octanol–water partition coefficient (Wildman–Crippen LogP) is 0.847. The summed E-state index contributed by atoms with van der Waals surface area (Å²) in [6, 6.07) is 3.62. The summed E-state index contributed by atoms with van der Waals surface area (Å²) in [5, 5.41) is 10.7. The average Bonchev–Trinajstić information content (AvgIpc) is 2.88. The van der Waals surface area contributed by atoms with Gasteiger partial charge < -0.3 is 14.7 Å². The first-order chi connectivity index (χ1) is 9.65. The molecule has 0 aliphatic carbocycles. The first-order valence-electron chi connectivity index (χ1n) is 5.76. The van der Waals surface area contributed by atoms with Crippen molar-refractivity contribution in [1.29, 1.82) is 0 Å². The zero-order chi connectivity index (χ0) is 14.1. The van der Waals surface area contributed by atoms with Gasteiger partial charge in [0.15, 0.2) is 0 Å². The number of fused-ring (bicyclic) bond motifs is 1. The third kappa shape index (κ3) is 2.03. The molecule has 8 heteroatoms. The molecule has 3 aromatic heterocycles. The summed E-state index contributed by atoms with van der Waals surface area (Å²) in [5.41, 5.74) is 0.507. The zero-order valence-corrected chi connectivity index (χ0v) is 10.2. The lowest BCUT2D eigenvalue weighted by atomic mass is 10.3. The molecule has 8 nitrogen and oxygen atoms in total. The van der Waals surface area contributed by atoms with Crippen molar-refractivity contribution in [3.05, 3.63) is 69.1 Å². The highest BCUT2D eigenvalue weighted by molar-refractivity contribution is 5.41. The highest BCUT2D eigenvalue weighted by Gasteiger charge is 2.17. The van der Waals surface area contributed by atoms with Gasteiger partial charge in [-0.3, -0.25) is 14.2 Å². The molecule has 0 saturated carbocycles. The molecule has 0 aliphatic rings. The molecule has 0 bridgehead atoms. The molecule has 0 unspecified atom stereocenters. The summed E-state index contributed by atoms with van der Waals surface area (Å²) in [6.07, 6.45) is 7.64. The van der Waals surface area contributed by atoms with Crippen LogP contribution < -0.4 is 5.56 Å². The van der Waals surface area contributed by atoms with Crippen molar-refractivity contribution in [3.63, 3.8) is 0 Å². The molecule has 0 spiro atoms. The first kappa shape index (κ1) is 12.0. The lowest BCUT2D eigenvalue weighted by Gasteiger charge is -2.04. The van der Waals surface area contributed by atoms with Gasteiger partial charge in [0.2, 0.25) is 0 Å². The largest absolute Gasteiger partial charge is 0.382 e. The molecular weight excluding hydrogens is 262 g/mol. The van der Waals surface area contributed by atoms with E-state index in [9.17, 15) is 14.9 Å². The Morgan fingerprint density at radius 2 is 2.20 bits per heavy atom. The van der Waals surface area contributed by atoms with Gasteiger partial charge in [0.25, 0.3) is 0 Å². The van der Waals surface area contributed by atoms with Gasteiger partial charge in [0.05, 0.1) is 6.54 Å². The summed E-state index contributed by atoms with van der Waals surface area (Å²) in [4.78, 5) is 30.0. The van der Waals surface area contributed by atoms with Crippen LogP contribution in [0.3, 0.4) is 0 Å². The second-order valence-corrected chi connectivity index (χ2v) is 4.18. The number of pyridine rings is 1. The Balaban J connectivity index is 2.07. The van der Waals surface area contributed by atoms with Crippen LogP contribution in [0.4, 0.5) is 5.82 Å². The van der Waals surface area contributed by atoms with E-state index in [1.54, 1.807) is 30.9 Å². The molecule has 3 rings (SSSR count). The van der Waals surface area contributed by atoms with Crippen LogP contribution in [0.15, 0.2) is 47.9 Å². The predicted molar refractivity (Wildman–Crippen MR) is 69.4 cm³/mol. The van der Waals surface area contributed by atoms with Crippen molar-refractivity contribution in [1.82, 2.24) is 18.9 Å². The van der Waals surface area contributed by atoms with Gasteiger partial charge in [-0.2, -0.15) is 0 Å². The Morgan fingerprint density at radius 3 is 2.90 bits per heavy atom. The van der Waals surface area contributed by atoms with E-state index in [-0.39, 0.29) is 17.0 Å². The maximum absolute atomic E-state index is 12.2. The van der Waals surface area contributed by atoms with Crippen molar-refractivity contribution in [2.45, 2.75) is 6.54 Å². The van der Waals surface area contributed by atoms with Crippen molar-refractivity contribution in [3.8, 4) is 0 Å². The van der Waals surface area contributed by atoms with Crippen molar-refractivity contribution >= 4 is 11.5 Å². The second kappa shape index (κ2) is 4.57. The van der Waals surface area contributed by atoms with Crippen LogP contribution in [0.1, 0.15) is 5.56 Å². The molecular formula is C12H9N5O3.